The monoisotopic (exact) mass is 340 g/mol. The molecule has 2 aromatic heterocycles. The Morgan fingerprint density at radius 1 is 1.20 bits per heavy atom. The Kier molecular flexibility index (Phi) is 4.65. The molecular weight excluding hydrogens is 318 g/mol. The zero-order valence-corrected chi connectivity index (χ0v) is 14.1. The lowest BCUT2D eigenvalue weighted by molar-refractivity contribution is -0.215. The summed E-state index contributed by atoms with van der Waals surface area (Å²) in [5, 5.41) is 14.8. The fraction of sp³-hybridized carbons (Fsp3) is 0.500. The molecule has 7 heteroatoms. The number of ether oxygens (including phenoxy) is 1. The van der Waals surface area contributed by atoms with E-state index in [0.717, 1.165) is 68.7 Å². The van der Waals surface area contributed by atoms with E-state index in [4.69, 9.17) is 4.74 Å². The van der Waals surface area contributed by atoms with Gasteiger partial charge in [0.1, 0.15) is 5.82 Å². The minimum atomic E-state index is -0.309. The van der Waals surface area contributed by atoms with Gasteiger partial charge in [-0.3, -0.25) is 9.98 Å². The van der Waals surface area contributed by atoms with Crippen LogP contribution >= 0.6 is 0 Å². The first-order valence-corrected chi connectivity index (χ1v) is 8.89. The molecule has 0 aromatic carbocycles. The van der Waals surface area contributed by atoms with Gasteiger partial charge in [-0.05, 0) is 31.0 Å². The van der Waals surface area contributed by atoms with Gasteiger partial charge in [0, 0.05) is 13.1 Å². The molecule has 2 aromatic rings. The molecule has 132 valence electrons. The van der Waals surface area contributed by atoms with Crippen LogP contribution < -0.4 is 15.3 Å². The average Bonchev–Trinajstić information content (AvgIpc) is 3.14. The molecule has 1 aliphatic carbocycles. The number of nitrogens with zero attached hydrogens (tertiary/aromatic N) is 4. The Hall–Kier alpha value is -2.41. The van der Waals surface area contributed by atoms with E-state index in [2.05, 4.69) is 25.2 Å². The Balaban J connectivity index is 1.53. The molecule has 0 atom stereocenters. The highest BCUT2D eigenvalue weighted by Crippen LogP contribution is 2.22. The number of amidine groups is 1. The smallest absolute Gasteiger partial charge is 0.131 e. The van der Waals surface area contributed by atoms with Crippen molar-refractivity contribution in [1.29, 1.82) is 0 Å². The number of fused-ring (bicyclic) bond motifs is 1. The lowest BCUT2D eigenvalue weighted by Gasteiger charge is -2.28. The number of anilines is 2. The molecule has 7 nitrogen and oxygen atoms in total. The maximum Gasteiger partial charge on any atom is 0.131 e. The number of pyridine rings is 2. The first-order chi connectivity index (χ1) is 12.3. The summed E-state index contributed by atoms with van der Waals surface area (Å²) in [4.78, 5) is 15.5. The van der Waals surface area contributed by atoms with Crippen molar-refractivity contribution >= 4 is 28.6 Å². The molecule has 3 heterocycles. The second-order valence-electron chi connectivity index (χ2n) is 6.53. The summed E-state index contributed by atoms with van der Waals surface area (Å²) in [5.74, 6) is 0.514. The number of morpholine rings is 1. The predicted octanol–water partition coefficient (Wildman–Crippen LogP) is 1.54. The van der Waals surface area contributed by atoms with E-state index < -0.39 is 0 Å². The van der Waals surface area contributed by atoms with Crippen molar-refractivity contribution in [3.8, 4) is 0 Å². The first kappa shape index (κ1) is 16.1. The van der Waals surface area contributed by atoms with Crippen molar-refractivity contribution in [2.24, 2.45) is 4.99 Å². The van der Waals surface area contributed by atoms with Gasteiger partial charge in [0.25, 0.3) is 0 Å². The quantitative estimate of drug-likeness (QED) is 0.674. The zero-order valence-electron chi connectivity index (χ0n) is 14.1. The van der Waals surface area contributed by atoms with E-state index >= 15 is 0 Å². The van der Waals surface area contributed by atoms with E-state index in [9.17, 15) is 5.11 Å². The number of rotatable bonds is 3. The standard InChI is InChI=1S/C18H23N5O2/c24-18(20-13-3-1-2-4-13)22-17-6-5-15-16(21-17)11-14(12-19-15)23-7-9-25-10-8-23/h5-6,11-13H,1-4,7-10H2,(H2,20,21,22,24)/p-1. The molecule has 2 fully saturated rings. The molecule has 25 heavy (non-hydrogen) atoms. The third kappa shape index (κ3) is 3.82. The number of nitrogens with one attached hydrogen (secondary N) is 1. The highest BCUT2D eigenvalue weighted by molar-refractivity contribution is 5.87. The summed E-state index contributed by atoms with van der Waals surface area (Å²) in [7, 11) is 0. The molecule has 1 aliphatic heterocycles. The van der Waals surface area contributed by atoms with Crippen LogP contribution in [0.25, 0.3) is 11.0 Å². The van der Waals surface area contributed by atoms with Crippen LogP contribution in [0.15, 0.2) is 29.4 Å². The Bertz CT molecular complexity index is 767. The topological polar surface area (TPSA) is 85.7 Å². The van der Waals surface area contributed by atoms with Crippen LogP contribution in [0.5, 0.6) is 0 Å². The lowest BCUT2D eigenvalue weighted by atomic mass is 10.2. The molecule has 0 spiro atoms. The van der Waals surface area contributed by atoms with Crippen LogP contribution in [0.1, 0.15) is 25.7 Å². The summed E-state index contributed by atoms with van der Waals surface area (Å²) in [5.41, 5.74) is 2.60. The van der Waals surface area contributed by atoms with Gasteiger partial charge in [-0.2, -0.15) is 0 Å². The third-order valence-electron chi connectivity index (χ3n) is 4.76. The van der Waals surface area contributed by atoms with Crippen molar-refractivity contribution in [2.75, 3.05) is 36.5 Å². The summed E-state index contributed by atoms with van der Waals surface area (Å²) in [6.45, 7) is 3.15. The van der Waals surface area contributed by atoms with Crippen molar-refractivity contribution in [1.82, 2.24) is 9.97 Å². The normalized spacial score (nSPS) is 19.5. The molecule has 0 radical (unpaired) electrons. The third-order valence-corrected chi connectivity index (χ3v) is 4.76. The summed E-state index contributed by atoms with van der Waals surface area (Å²) in [6, 6.07) is 5.51. The minimum Gasteiger partial charge on any atom is -0.846 e. The number of hydrogen-bond donors (Lipinski definition) is 1. The minimum absolute atomic E-state index is 0.162. The molecule has 1 saturated carbocycles. The van der Waals surface area contributed by atoms with Gasteiger partial charge in [-0.1, -0.05) is 12.8 Å². The Morgan fingerprint density at radius 2 is 2.00 bits per heavy atom. The van der Waals surface area contributed by atoms with Gasteiger partial charge in [-0.15, -0.1) is 0 Å². The highest BCUT2D eigenvalue weighted by Gasteiger charge is 2.14. The first-order valence-electron chi connectivity index (χ1n) is 8.89. The van der Waals surface area contributed by atoms with E-state index in [1.54, 1.807) is 6.07 Å². The van der Waals surface area contributed by atoms with Crippen molar-refractivity contribution in [3.63, 3.8) is 0 Å². The van der Waals surface area contributed by atoms with E-state index in [0.29, 0.717) is 5.82 Å². The fourth-order valence-corrected chi connectivity index (χ4v) is 3.40. The maximum atomic E-state index is 12.1. The summed E-state index contributed by atoms with van der Waals surface area (Å²) < 4.78 is 5.39. The molecule has 0 amide bonds. The zero-order chi connectivity index (χ0) is 17.1. The van der Waals surface area contributed by atoms with Crippen LogP contribution in [-0.4, -0.2) is 48.3 Å². The molecule has 1 N–H and O–H groups in total. The van der Waals surface area contributed by atoms with E-state index in [-0.39, 0.29) is 12.1 Å². The largest absolute Gasteiger partial charge is 0.846 e. The van der Waals surface area contributed by atoms with E-state index in [1.807, 2.05) is 18.3 Å². The van der Waals surface area contributed by atoms with Crippen LogP contribution in [0.2, 0.25) is 0 Å². The molecular formula is C18H22N5O2-. The molecule has 0 bridgehead atoms. The molecule has 4 rings (SSSR count). The van der Waals surface area contributed by atoms with Crippen molar-refractivity contribution in [3.05, 3.63) is 24.4 Å². The Morgan fingerprint density at radius 3 is 2.80 bits per heavy atom. The van der Waals surface area contributed by atoms with Crippen molar-refractivity contribution < 1.29 is 9.84 Å². The second-order valence-corrected chi connectivity index (χ2v) is 6.53. The molecule has 1 saturated heterocycles. The summed E-state index contributed by atoms with van der Waals surface area (Å²) in [6.07, 6.45) is 6.19. The van der Waals surface area contributed by atoms with Gasteiger partial charge in [0.2, 0.25) is 0 Å². The fourth-order valence-electron chi connectivity index (χ4n) is 3.40. The van der Waals surface area contributed by atoms with Gasteiger partial charge in [0.15, 0.2) is 0 Å². The number of hydrogen-bond acceptors (Lipinski definition) is 6. The SMILES string of the molecule is [O-]C(=NC1CCCC1)Nc1ccc2ncc(N3CCOCC3)cc2n1. The van der Waals surface area contributed by atoms with Gasteiger partial charge < -0.3 is 20.1 Å². The molecule has 0 unspecified atom stereocenters. The predicted molar refractivity (Wildman–Crippen MR) is 95.9 cm³/mol. The Labute approximate surface area is 146 Å². The van der Waals surface area contributed by atoms with Gasteiger partial charge >= 0.3 is 0 Å². The van der Waals surface area contributed by atoms with Crippen LogP contribution in [0.3, 0.4) is 0 Å². The van der Waals surface area contributed by atoms with Crippen LogP contribution in [0, 0.1) is 0 Å². The number of aromatic nitrogens is 2. The molecule has 2 aliphatic rings. The highest BCUT2D eigenvalue weighted by atomic mass is 16.5. The van der Waals surface area contributed by atoms with Gasteiger partial charge in [0.05, 0.1) is 48.2 Å². The number of aliphatic imine (C=N–C) groups is 1. The van der Waals surface area contributed by atoms with Gasteiger partial charge in [-0.25, -0.2) is 4.98 Å². The second kappa shape index (κ2) is 7.23. The van der Waals surface area contributed by atoms with Crippen LogP contribution in [-0.2, 0) is 4.74 Å². The van der Waals surface area contributed by atoms with Crippen molar-refractivity contribution in [2.45, 2.75) is 31.7 Å². The lowest BCUT2D eigenvalue weighted by Crippen LogP contribution is -2.36. The maximum absolute atomic E-state index is 12.1. The average molecular weight is 340 g/mol. The summed E-state index contributed by atoms with van der Waals surface area (Å²) >= 11 is 0. The van der Waals surface area contributed by atoms with Crippen LogP contribution in [0.4, 0.5) is 11.5 Å². The van der Waals surface area contributed by atoms with E-state index in [1.165, 1.54) is 0 Å².